The van der Waals surface area contributed by atoms with Gasteiger partial charge < -0.3 is 16.4 Å². The fourth-order valence-corrected chi connectivity index (χ4v) is 2.34. The molecule has 4 N–H and O–H groups in total. The molecule has 3 amide bonds. The lowest BCUT2D eigenvalue weighted by molar-refractivity contribution is 0.100. The molecule has 2 aromatic carbocycles. The second kappa shape index (κ2) is 7.65. The molecular formula is C17H18ClN3O2. The first-order chi connectivity index (χ1) is 11.0. The van der Waals surface area contributed by atoms with Crippen LogP contribution in [0.15, 0.2) is 42.5 Å². The number of benzene rings is 2. The van der Waals surface area contributed by atoms with Crippen LogP contribution < -0.4 is 16.4 Å². The van der Waals surface area contributed by atoms with Gasteiger partial charge in [-0.1, -0.05) is 35.4 Å². The summed E-state index contributed by atoms with van der Waals surface area (Å²) in [5.74, 6) is -0.558. The summed E-state index contributed by atoms with van der Waals surface area (Å²) in [6.07, 6.45) is 0.597. The maximum Gasteiger partial charge on any atom is 0.319 e. The summed E-state index contributed by atoms with van der Waals surface area (Å²) in [6, 6.07) is 12.3. The number of carbonyl (C=O) groups is 2. The summed E-state index contributed by atoms with van der Waals surface area (Å²) in [4.78, 5) is 22.9. The molecule has 2 rings (SSSR count). The molecule has 0 aliphatic heterocycles. The quantitative estimate of drug-likeness (QED) is 0.786. The number of hydrogen-bond acceptors (Lipinski definition) is 2. The Bertz CT molecular complexity index is 714. The molecule has 2 aromatic rings. The van der Waals surface area contributed by atoms with Crippen LogP contribution in [0.2, 0.25) is 5.02 Å². The summed E-state index contributed by atoms with van der Waals surface area (Å²) in [6.45, 7) is 2.43. The van der Waals surface area contributed by atoms with Crippen LogP contribution in [0.3, 0.4) is 0 Å². The number of nitrogens with two attached hydrogens (primary N) is 1. The Balaban J connectivity index is 1.82. The Morgan fingerprint density at radius 2 is 1.83 bits per heavy atom. The molecule has 0 heterocycles. The fraction of sp³-hybridized carbons (Fsp3) is 0.176. The number of rotatable bonds is 5. The lowest BCUT2D eigenvalue weighted by atomic mass is 10.1. The van der Waals surface area contributed by atoms with Gasteiger partial charge in [0.05, 0.1) is 10.6 Å². The van der Waals surface area contributed by atoms with Crippen LogP contribution in [0.5, 0.6) is 0 Å². The van der Waals surface area contributed by atoms with Crippen LogP contribution in [-0.2, 0) is 6.42 Å². The Kier molecular flexibility index (Phi) is 5.60. The van der Waals surface area contributed by atoms with E-state index in [4.69, 9.17) is 17.3 Å². The first-order valence-electron chi connectivity index (χ1n) is 7.15. The van der Waals surface area contributed by atoms with E-state index in [-0.39, 0.29) is 6.03 Å². The molecule has 0 aliphatic rings. The van der Waals surface area contributed by atoms with Crippen LogP contribution in [0.1, 0.15) is 21.5 Å². The van der Waals surface area contributed by atoms with E-state index in [9.17, 15) is 9.59 Å². The largest absolute Gasteiger partial charge is 0.366 e. The molecule has 0 aliphatic carbocycles. The Morgan fingerprint density at radius 1 is 1.13 bits per heavy atom. The van der Waals surface area contributed by atoms with Crippen molar-refractivity contribution in [1.29, 1.82) is 0 Å². The molecule has 0 unspecified atom stereocenters. The molecule has 0 fully saturated rings. The molecular weight excluding hydrogens is 314 g/mol. The predicted octanol–water partition coefficient (Wildman–Crippen LogP) is 3.11. The molecule has 120 valence electrons. The van der Waals surface area contributed by atoms with Crippen molar-refractivity contribution in [1.82, 2.24) is 5.32 Å². The van der Waals surface area contributed by atoms with Gasteiger partial charge in [0.25, 0.3) is 0 Å². The maximum absolute atomic E-state index is 11.8. The molecule has 23 heavy (non-hydrogen) atoms. The van der Waals surface area contributed by atoms with E-state index in [2.05, 4.69) is 10.6 Å². The summed E-state index contributed by atoms with van der Waals surface area (Å²) in [7, 11) is 0. The van der Waals surface area contributed by atoms with E-state index in [1.54, 1.807) is 18.2 Å². The van der Waals surface area contributed by atoms with Crippen molar-refractivity contribution in [2.45, 2.75) is 13.3 Å². The average Bonchev–Trinajstić information content (AvgIpc) is 2.49. The molecule has 0 aromatic heterocycles. The van der Waals surface area contributed by atoms with Gasteiger partial charge in [0.2, 0.25) is 5.91 Å². The van der Waals surface area contributed by atoms with E-state index in [0.717, 1.165) is 16.8 Å². The minimum absolute atomic E-state index is 0.270. The van der Waals surface area contributed by atoms with Gasteiger partial charge in [-0.15, -0.1) is 0 Å². The van der Waals surface area contributed by atoms with Gasteiger partial charge in [-0.3, -0.25) is 4.79 Å². The minimum atomic E-state index is -0.558. The zero-order valence-corrected chi connectivity index (χ0v) is 13.5. The van der Waals surface area contributed by atoms with Crippen LogP contribution in [0.4, 0.5) is 10.5 Å². The molecule has 6 heteroatoms. The number of nitrogens with one attached hydrogen (secondary N) is 2. The topological polar surface area (TPSA) is 84.2 Å². The molecule has 0 spiro atoms. The van der Waals surface area contributed by atoms with Gasteiger partial charge >= 0.3 is 6.03 Å². The van der Waals surface area contributed by atoms with Gasteiger partial charge in [-0.05, 0) is 43.2 Å². The van der Waals surface area contributed by atoms with Crippen molar-refractivity contribution in [3.05, 3.63) is 64.2 Å². The SMILES string of the molecule is Cc1ccc(NC(=O)NCCc2ccc(C(N)=O)c(Cl)c2)cc1. The number of primary amides is 1. The summed E-state index contributed by atoms with van der Waals surface area (Å²) in [5, 5.41) is 5.84. The van der Waals surface area contributed by atoms with Crippen LogP contribution in [-0.4, -0.2) is 18.5 Å². The lowest BCUT2D eigenvalue weighted by Crippen LogP contribution is -2.30. The Hall–Kier alpha value is -2.53. The standard InChI is InChI=1S/C17H18ClN3O2/c1-11-2-5-13(6-3-11)21-17(23)20-9-8-12-4-7-14(16(19)22)15(18)10-12/h2-7,10H,8-9H2,1H3,(H2,19,22)(H2,20,21,23). The zero-order chi connectivity index (χ0) is 16.8. The third-order valence-corrected chi connectivity index (χ3v) is 3.62. The zero-order valence-electron chi connectivity index (χ0n) is 12.7. The second-order valence-corrected chi connectivity index (χ2v) is 5.58. The van der Waals surface area contributed by atoms with E-state index >= 15 is 0 Å². The number of carbonyl (C=O) groups excluding carboxylic acids is 2. The number of urea groups is 1. The molecule has 5 nitrogen and oxygen atoms in total. The van der Waals surface area contributed by atoms with Gasteiger partial charge in [0, 0.05) is 12.2 Å². The molecule has 0 saturated carbocycles. The van der Waals surface area contributed by atoms with Crippen LogP contribution in [0, 0.1) is 6.92 Å². The van der Waals surface area contributed by atoms with E-state index in [1.807, 2.05) is 31.2 Å². The third-order valence-electron chi connectivity index (χ3n) is 3.31. The van der Waals surface area contributed by atoms with Crippen molar-refractivity contribution in [2.75, 3.05) is 11.9 Å². The minimum Gasteiger partial charge on any atom is -0.366 e. The number of halogens is 1. The highest BCUT2D eigenvalue weighted by Crippen LogP contribution is 2.17. The van der Waals surface area contributed by atoms with Gasteiger partial charge in [-0.25, -0.2) is 4.79 Å². The first kappa shape index (κ1) is 16.8. The highest BCUT2D eigenvalue weighted by atomic mass is 35.5. The van der Waals surface area contributed by atoms with Crippen LogP contribution >= 0.6 is 11.6 Å². The Labute approximate surface area is 139 Å². The van der Waals surface area contributed by atoms with Crippen molar-refractivity contribution >= 4 is 29.2 Å². The smallest absolute Gasteiger partial charge is 0.319 e. The number of amides is 3. The van der Waals surface area contributed by atoms with Crippen molar-refractivity contribution in [3.63, 3.8) is 0 Å². The molecule has 0 radical (unpaired) electrons. The Morgan fingerprint density at radius 3 is 2.43 bits per heavy atom. The van der Waals surface area contributed by atoms with Gasteiger partial charge in [-0.2, -0.15) is 0 Å². The van der Waals surface area contributed by atoms with Crippen molar-refractivity contribution in [3.8, 4) is 0 Å². The summed E-state index contributed by atoms with van der Waals surface area (Å²) < 4.78 is 0. The number of aryl methyl sites for hydroxylation is 1. The monoisotopic (exact) mass is 331 g/mol. The molecule has 0 bridgehead atoms. The second-order valence-electron chi connectivity index (χ2n) is 5.18. The highest BCUT2D eigenvalue weighted by molar-refractivity contribution is 6.33. The summed E-state index contributed by atoms with van der Waals surface area (Å²) in [5.41, 5.74) is 8.27. The molecule has 0 saturated heterocycles. The predicted molar refractivity (Wildman–Crippen MR) is 91.9 cm³/mol. The lowest BCUT2D eigenvalue weighted by Gasteiger charge is -2.09. The van der Waals surface area contributed by atoms with E-state index < -0.39 is 5.91 Å². The van der Waals surface area contributed by atoms with Gasteiger partial charge in [0.1, 0.15) is 0 Å². The maximum atomic E-state index is 11.8. The normalized spacial score (nSPS) is 10.2. The van der Waals surface area contributed by atoms with Crippen molar-refractivity contribution < 1.29 is 9.59 Å². The molecule has 0 atom stereocenters. The fourth-order valence-electron chi connectivity index (χ4n) is 2.05. The van der Waals surface area contributed by atoms with E-state index in [1.165, 1.54) is 0 Å². The summed E-state index contributed by atoms with van der Waals surface area (Å²) >= 11 is 5.99. The number of anilines is 1. The van der Waals surface area contributed by atoms with Gasteiger partial charge in [0.15, 0.2) is 0 Å². The van der Waals surface area contributed by atoms with E-state index in [0.29, 0.717) is 23.6 Å². The van der Waals surface area contributed by atoms with Crippen molar-refractivity contribution in [2.24, 2.45) is 5.73 Å². The first-order valence-corrected chi connectivity index (χ1v) is 7.53. The number of hydrogen-bond donors (Lipinski definition) is 3. The average molecular weight is 332 g/mol. The van der Waals surface area contributed by atoms with Crippen LogP contribution in [0.25, 0.3) is 0 Å². The highest BCUT2D eigenvalue weighted by Gasteiger charge is 2.07. The third kappa shape index (κ3) is 5.00.